The maximum Gasteiger partial charge on any atom is 0.258 e. The summed E-state index contributed by atoms with van der Waals surface area (Å²) < 4.78 is 5.26. The zero-order valence-corrected chi connectivity index (χ0v) is 18.5. The maximum atomic E-state index is 13.2. The van der Waals surface area contributed by atoms with Crippen molar-refractivity contribution in [1.82, 2.24) is 20.4 Å². The Balaban J connectivity index is 1.38. The van der Waals surface area contributed by atoms with E-state index >= 15 is 0 Å². The molecule has 5 rings (SSSR count). The molecule has 0 saturated heterocycles. The number of amides is 2. The summed E-state index contributed by atoms with van der Waals surface area (Å²) in [5, 5.41) is 7.65. The zero-order chi connectivity index (χ0) is 22.9. The van der Waals surface area contributed by atoms with E-state index in [0.29, 0.717) is 47.7 Å². The van der Waals surface area contributed by atoms with Gasteiger partial charge in [-0.3, -0.25) is 9.59 Å². The lowest BCUT2D eigenvalue weighted by Crippen LogP contribution is -2.36. The Morgan fingerprint density at radius 3 is 2.67 bits per heavy atom. The average molecular weight is 441 g/mol. The van der Waals surface area contributed by atoms with Crippen LogP contribution in [0.25, 0.3) is 11.1 Å². The summed E-state index contributed by atoms with van der Waals surface area (Å²) in [6.07, 6.45) is 0. The van der Waals surface area contributed by atoms with E-state index in [-0.39, 0.29) is 17.7 Å². The van der Waals surface area contributed by atoms with Crippen molar-refractivity contribution in [2.75, 3.05) is 13.1 Å². The molecule has 0 saturated carbocycles. The second-order valence-electron chi connectivity index (χ2n) is 8.42. The molecule has 2 aromatic heterocycles. The molecule has 1 N–H and O–H groups in total. The van der Waals surface area contributed by atoms with Crippen LogP contribution in [-0.2, 0) is 6.54 Å². The average Bonchev–Trinajstić information content (AvgIpc) is 3.36. The van der Waals surface area contributed by atoms with E-state index in [9.17, 15) is 9.59 Å². The Morgan fingerprint density at radius 1 is 1.12 bits per heavy atom. The van der Waals surface area contributed by atoms with Gasteiger partial charge in [0.25, 0.3) is 17.5 Å². The second kappa shape index (κ2) is 8.50. The third kappa shape index (κ3) is 3.98. The first-order chi connectivity index (χ1) is 16.0. The number of rotatable bonds is 6. The highest BCUT2D eigenvalue weighted by molar-refractivity contribution is 6.06. The summed E-state index contributed by atoms with van der Waals surface area (Å²) in [6, 6.07) is 19.4. The van der Waals surface area contributed by atoms with Gasteiger partial charge >= 0.3 is 0 Å². The van der Waals surface area contributed by atoms with Crippen molar-refractivity contribution >= 4 is 22.9 Å². The van der Waals surface area contributed by atoms with Gasteiger partial charge in [-0.2, -0.15) is 0 Å². The van der Waals surface area contributed by atoms with Crippen molar-refractivity contribution in [2.24, 2.45) is 0 Å². The standard InChI is InChI=1S/C26H24N4O3/c1-16-12-22(23-17(2)29-33-25(23)28-16)24(31)27-13-20(18-8-4-3-5-9-18)15-30-14-19-10-6-7-11-21(19)26(30)32/h3-12,20H,13-15H2,1-2H3,(H,27,31). The Morgan fingerprint density at radius 2 is 1.88 bits per heavy atom. The number of nitrogens with zero attached hydrogens (tertiary/aromatic N) is 3. The van der Waals surface area contributed by atoms with Crippen molar-refractivity contribution in [3.05, 3.63) is 94.3 Å². The van der Waals surface area contributed by atoms with Crippen LogP contribution in [0.3, 0.4) is 0 Å². The molecule has 0 spiro atoms. The number of aryl methyl sites for hydroxylation is 2. The molecular weight excluding hydrogens is 416 g/mol. The van der Waals surface area contributed by atoms with Gasteiger partial charge < -0.3 is 14.7 Å². The second-order valence-corrected chi connectivity index (χ2v) is 8.42. The molecule has 33 heavy (non-hydrogen) atoms. The number of pyridine rings is 1. The highest BCUT2D eigenvalue weighted by Crippen LogP contribution is 2.26. The van der Waals surface area contributed by atoms with E-state index in [1.54, 1.807) is 13.0 Å². The van der Waals surface area contributed by atoms with Crippen molar-refractivity contribution in [1.29, 1.82) is 0 Å². The van der Waals surface area contributed by atoms with Gasteiger partial charge in [-0.05, 0) is 37.1 Å². The quantitative estimate of drug-likeness (QED) is 0.489. The summed E-state index contributed by atoms with van der Waals surface area (Å²) in [7, 11) is 0. The smallest absolute Gasteiger partial charge is 0.258 e. The molecule has 0 radical (unpaired) electrons. The lowest BCUT2D eigenvalue weighted by Gasteiger charge is -2.24. The number of hydrogen-bond acceptors (Lipinski definition) is 5. The molecule has 1 unspecified atom stereocenters. The Hall–Kier alpha value is -4.00. The monoisotopic (exact) mass is 440 g/mol. The van der Waals surface area contributed by atoms with E-state index in [4.69, 9.17) is 4.52 Å². The van der Waals surface area contributed by atoms with Crippen LogP contribution >= 0.6 is 0 Å². The fourth-order valence-corrected chi connectivity index (χ4v) is 4.45. The number of carbonyl (C=O) groups is 2. The number of benzene rings is 2. The van der Waals surface area contributed by atoms with E-state index < -0.39 is 0 Å². The Bertz CT molecular complexity index is 1350. The normalized spacial score (nSPS) is 13.9. The molecule has 1 aliphatic heterocycles. The minimum atomic E-state index is -0.214. The first kappa shape index (κ1) is 20.9. The van der Waals surface area contributed by atoms with Gasteiger partial charge in [0.2, 0.25) is 0 Å². The van der Waals surface area contributed by atoms with Crippen molar-refractivity contribution in [3.8, 4) is 0 Å². The minimum Gasteiger partial charge on any atom is -0.351 e. The predicted molar refractivity (Wildman–Crippen MR) is 124 cm³/mol. The molecule has 0 fully saturated rings. The third-order valence-corrected chi connectivity index (χ3v) is 6.11. The van der Waals surface area contributed by atoms with Crippen LogP contribution in [-0.4, -0.2) is 39.9 Å². The number of nitrogens with one attached hydrogen (secondary N) is 1. The van der Waals surface area contributed by atoms with Crippen LogP contribution in [0.2, 0.25) is 0 Å². The number of fused-ring (bicyclic) bond motifs is 2. The van der Waals surface area contributed by atoms with E-state index in [1.165, 1.54) is 0 Å². The molecule has 1 aliphatic rings. The van der Waals surface area contributed by atoms with Gasteiger partial charge in [-0.1, -0.05) is 53.7 Å². The molecule has 2 aromatic carbocycles. The zero-order valence-electron chi connectivity index (χ0n) is 18.5. The van der Waals surface area contributed by atoms with Gasteiger partial charge in [-0.15, -0.1) is 0 Å². The third-order valence-electron chi connectivity index (χ3n) is 6.11. The molecule has 3 heterocycles. The minimum absolute atomic E-state index is 0.0319. The van der Waals surface area contributed by atoms with Gasteiger partial charge in [0.15, 0.2) is 0 Å². The van der Waals surface area contributed by atoms with Gasteiger partial charge in [0.05, 0.1) is 16.6 Å². The lowest BCUT2D eigenvalue weighted by molar-refractivity contribution is 0.0767. The van der Waals surface area contributed by atoms with Crippen molar-refractivity contribution < 1.29 is 14.1 Å². The fraction of sp³-hybridized carbons (Fsp3) is 0.231. The fourth-order valence-electron chi connectivity index (χ4n) is 4.45. The molecule has 0 bridgehead atoms. The first-order valence-electron chi connectivity index (χ1n) is 10.9. The molecular formula is C26H24N4O3. The number of aromatic nitrogens is 2. The van der Waals surface area contributed by atoms with E-state index in [2.05, 4.69) is 15.5 Å². The van der Waals surface area contributed by atoms with E-state index in [0.717, 1.165) is 16.7 Å². The SMILES string of the molecule is Cc1cc(C(=O)NCC(CN2Cc3ccccc3C2=O)c2ccccc2)c2c(C)noc2n1. The summed E-state index contributed by atoms with van der Waals surface area (Å²) in [4.78, 5) is 32.3. The van der Waals surface area contributed by atoms with Crippen LogP contribution in [0.4, 0.5) is 0 Å². The maximum absolute atomic E-state index is 13.2. The van der Waals surface area contributed by atoms with Crippen LogP contribution in [0.1, 0.15) is 49.1 Å². The van der Waals surface area contributed by atoms with Gasteiger partial charge in [-0.25, -0.2) is 4.98 Å². The van der Waals surface area contributed by atoms with Crippen LogP contribution in [0.15, 0.2) is 65.2 Å². The first-order valence-corrected chi connectivity index (χ1v) is 10.9. The topological polar surface area (TPSA) is 88.3 Å². The van der Waals surface area contributed by atoms with Gasteiger partial charge in [0.1, 0.15) is 0 Å². The number of hydrogen-bond donors (Lipinski definition) is 1. The molecule has 0 aliphatic carbocycles. The van der Waals surface area contributed by atoms with Crippen molar-refractivity contribution in [2.45, 2.75) is 26.3 Å². The highest BCUT2D eigenvalue weighted by Gasteiger charge is 2.29. The number of carbonyl (C=O) groups excluding carboxylic acids is 2. The molecule has 7 nitrogen and oxygen atoms in total. The molecule has 2 amide bonds. The van der Waals surface area contributed by atoms with Crippen LogP contribution in [0, 0.1) is 13.8 Å². The predicted octanol–water partition coefficient (Wildman–Crippen LogP) is 4.01. The largest absolute Gasteiger partial charge is 0.351 e. The molecule has 1 atom stereocenters. The van der Waals surface area contributed by atoms with Crippen LogP contribution in [0.5, 0.6) is 0 Å². The lowest BCUT2D eigenvalue weighted by atomic mass is 9.98. The highest BCUT2D eigenvalue weighted by atomic mass is 16.5. The van der Waals surface area contributed by atoms with Gasteiger partial charge in [0, 0.05) is 36.8 Å². The Labute approximate surface area is 191 Å². The Kier molecular flexibility index (Phi) is 5.38. The van der Waals surface area contributed by atoms with Crippen molar-refractivity contribution in [3.63, 3.8) is 0 Å². The molecule has 166 valence electrons. The van der Waals surface area contributed by atoms with Crippen LogP contribution < -0.4 is 5.32 Å². The summed E-state index contributed by atoms with van der Waals surface area (Å²) in [6.45, 7) is 5.09. The summed E-state index contributed by atoms with van der Waals surface area (Å²) in [5.41, 5.74) is 5.03. The van der Waals surface area contributed by atoms with E-state index in [1.807, 2.05) is 66.4 Å². The summed E-state index contributed by atoms with van der Waals surface area (Å²) >= 11 is 0. The summed E-state index contributed by atoms with van der Waals surface area (Å²) in [5.74, 6) is -0.242. The molecule has 7 heteroatoms. The molecule has 4 aromatic rings.